The van der Waals surface area contributed by atoms with E-state index in [0.29, 0.717) is 12.1 Å². The number of nitrogens with one attached hydrogen (secondary N) is 1. The third kappa shape index (κ3) is 3.65. The van der Waals surface area contributed by atoms with Crippen LogP contribution < -0.4 is 5.32 Å². The Bertz CT molecular complexity index is 113. The third-order valence-corrected chi connectivity index (χ3v) is 2.80. The zero-order valence-corrected chi connectivity index (χ0v) is 9.01. The minimum Gasteiger partial charge on any atom is -0.377 e. The Hall–Kier alpha value is -0.0800. The Morgan fingerprint density at radius 2 is 1.92 bits per heavy atom. The van der Waals surface area contributed by atoms with Gasteiger partial charge in [0.25, 0.3) is 0 Å². The van der Waals surface area contributed by atoms with Gasteiger partial charge in [0, 0.05) is 12.6 Å². The summed E-state index contributed by atoms with van der Waals surface area (Å²) < 4.78 is 5.77. The van der Waals surface area contributed by atoms with Crippen molar-refractivity contribution in [3.05, 3.63) is 0 Å². The van der Waals surface area contributed by atoms with E-state index in [1.54, 1.807) is 0 Å². The molecule has 0 bridgehead atoms. The van der Waals surface area contributed by atoms with Crippen molar-refractivity contribution in [3.63, 3.8) is 0 Å². The second-order valence-corrected chi connectivity index (χ2v) is 3.80. The van der Waals surface area contributed by atoms with Crippen LogP contribution in [0.25, 0.3) is 0 Å². The molecular formula is C11H23NO. The van der Waals surface area contributed by atoms with Crippen LogP contribution >= 0.6 is 0 Å². The molecule has 1 saturated carbocycles. The van der Waals surface area contributed by atoms with Gasteiger partial charge in [-0.15, -0.1) is 0 Å². The van der Waals surface area contributed by atoms with Gasteiger partial charge in [-0.2, -0.15) is 0 Å². The van der Waals surface area contributed by atoms with Gasteiger partial charge < -0.3 is 10.1 Å². The van der Waals surface area contributed by atoms with Crippen molar-refractivity contribution < 1.29 is 4.74 Å². The molecule has 13 heavy (non-hydrogen) atoms. The smallest absolute Gasteiger partial charge is 0.0727 e. The van der Waals surface area contributed by atoms with Crippen molar-refractivity contribution in [2.45, 2.75) is 58.1 Å². The average molecular weight is 185 g/mol. The van der Waals surface area contributed by atoms with Gasteiger partial charge in [0.15, 0.2) is 0 Å². The quantitative estimate of drug-likeness (QED) is 0.679. The second-order valence-electron chi connectivity index (χ2n) is 3.80. The van der Waals surface area contributed by atoms with E-state index >= 15 is 0 Å². The van der Waals surface area contributed by atoms with Crippen LogP contribution in [0.5, 0.6) is 0 Å². The van der Waals surface area contributed by atoms with Crippen LogP contribution in [0.4, 0.5) is 0 Å². The average Bonchev–Trinajstić information content (AvgIpc) is 2.33. The Morgan fingerprint density at radius 1 is 1.15 bits per heavy atom. The largest absolute Gasteiger partial charge is 0.377 e. The lowest BCUT2D eigenvalue weighted by Crippen LogP contribution is -2.40. The number of ether oxygens (including phenoxy) is 1. The summed E-state index contributed by atoms with van der Waals surface area (Å²) >= 11 is 0. The van der Waals surface area contributed by atoms with Gasteiger partial charge in [0.2, 0.25) is 0 Å². The van der Waals surface area contributed by atoms with Gasteiger partial charge >= 0.3 is 0 Å². The van der Waals surface area contributed by atoms with Gasteiger partial charge in [-0.3, -0.25) is 0 Å². The topological polar surface area (TPSA) is 21.3 Å². The lowest BCUT2D eigenvalue weighted by Gasteiger charge is -2.25. The Morgan fingerprint density at radius 3 is 2.62 bits per heavy atom. The molecule has 1 rings (SSSR count). The fourth-order valence-electron chi connectivity index (χ4n) is 2.18. The first kappa shape index (κ1) is 11.0. The summed E-state index contributed by atoms with van der Waals surface area (Å²) in [7, 11) is 0. The van der Waals surface area contributed by atoms with E-state index in [4.69, 9.17) is 4.74 Å². The molecule has 1 N–H and O–H groups in total. The molecule has 0 heterocycles. The monoisotopic (exact) mass is 185 g/mol. The summed E-state index contributed by atoms with van der Waals surface area (Å²) in [6.07, 6.45) is 7.08. The van der Waals surface area contributed by atoms with Crippen molar-refractivity contribution in [3.8, 4) is 0 Å². The fourth-order valence-corrected chi connectivity index (χ4v) is 2.18. The molecule has 0 aromatic rings. The van der Waals surface area contributed by atoms with E-state index in [1.807, 2.05) is 0 Å². The minimum atomic E-state index is 0.465. The van der Waals surface area contributed by atoms with Crippen LogP contribution in [0.15, 0.2) is 0 Å². The Labute approximate surface area is 82.0 Å². The van der Waals surface area contributed by atoms with Gasteiger partial charge in [0.05, 0.1) is 6.10 Å². The minimum absolute atomic E-state index is 0.465. The molecule has 1 fully saturated rings. The molecule has 2 nitrogen and oxygen atoms in total. The highest BCUT2D eigenvalue weighted by molar-refractivity contribution is 4.79. The van der Waals surface area contributed by atoms with Crippen LogP contribution in [0.1, 0.15) is 46.0 Å². The molecule has 0 amide bonds. The van der Waals surface area contributed by atoms with Gasteiger partial charge in [0.1, 0.15) is 0 Å². The van der Waals surface area contributed by atoms with Crippen LogP contribution in [0, 0.1) is 0 Å². The van der Waals surface area contributed by atoms with Gasteiger partial charge in [-0.25, -0.2) is 0 Å². The maximum Gasteiger partial charge on any atom is 0.0727 e. The summed E-state index contributed by atoms with van der Waals surface area (Å²) in [6, 6.07) is 0.604. The summed E-state index contributed by atoms with van der Waals surface area (Å²) in [5, 5.41) is 3.53. The Kier molecular flexibility index (Phi) is 5.40. The molecule has 2 heteroatoms. The molecule has 0 aromatic carbocycles. The highest BCUT2D eigenvalue weighted by Crippen LogP contribution is 2.20. The van der Waals surface area contributed by atoms with Crippen LogP contribution in [-0.4, -0.2) is 25.3 Å². The van der Waals surface area contributed by atoms with Crippen molar-refractivity contribution in [2.75, 3.05) is 13.2 Å². The molecular weight excluding hydrogens is 162 g/mol. The molecule has 78 valence electrons. The van der Waals surface area contributed by atoms with Gasteiger partial charge in [-0.05, 0) is 26.3 Å². The van der Waals surface area contributed by atoms with E-state index in [0.717, 1.165) is 13.2 Å². The fraction of sp³-hybridized carbons (Fsp3) is 1.00. The third-order valence-electron chi connectivity index (χ3n) is 2.80. The highest BCUT2D eigenvalue weighted by atomic mass is 16.5. The molecule has 1 aliphatic carbocycles. The van der Waals surface area contributed by atoms with Crippen molar-refractivity contribution in [2.24, 2.45) is 0 Å². The molecule has 0 spiro atoms. The normalized spacial score (nSPS) is 30.0. The first-order valence-corrected chi connectivity index (χ1v) is 5.73. The summed E-state index contributed by atoms with van der Waals surface area (Å²) in [5.74, 6) is 0. The number of hydrogen-bond acceptors (Lipinski definition) is 2. The van der Waals surface area contributed by atoms with E-state index in [1.165, 1.54) is 32.1 Å². The van der Waals surface area contributed by atoms with E-state index < -0.39 is 0 Å². The highest BCUT2D eigenvalue weighted by Gasteiger charge is 2.22. The van der Waals surface area contributed by atoms with E-state index in [9.17, 15) is 0 Å². The molecule has 0 radical (unpaired) electrons. The van der Waals surface area contributed by atoms with Crippen LogP contribution in [0.3, 0.4) is 0 Å². The van der Waals surface area contributed by atoms with Gasteiger partial charge in [-0.1, -0.05) is 26.2 Å². The summed E-state index contributed by atoms with van der Waals surface area (Å²) in [6.45, 7) is 6.18. The first-order valence-electron chi connectivity index (χ1n) is 5.73. The number of likely N-dealkylation sites (N-methyl/N-ethyl adjacent to an activating group) is 1. The lowest BCUT2D eigenvalue weighted by atomic mass is 10.1. The molecule has 0 saturated heterocycles. The van der Waals surface area contributed by atoms with E-state index in [2.05, 4.69) is 19.2 Å². The lowest BCUT2D eigenvalue weighted by molar-refractivity contribution is 0.0306. The SMILES string of the molecule is CCNC1CCCCCC1OCC. The molecule has 2 atom stereocenters. The Balaban J connectivity index is 2.40. The zero-order chi connectivity index (χ0) is 9.52. The van der Waals surface area contributed by atoms with E-state index in [-0.39, 0.29) is 0 Å². The zero-order valence-electron chi connectivity index (χ0n) is 9.01. The van der Waals surface area contributed by atoms with Crippen molar-refractivity contribution in [1.29, 1.82) is 0 Å². The standard InChI is InChI=1S/C11H23NO/c1-3-12-10-8-6-5-7-9-11(10)13-4-2/h10-12H,3-9H2,1-2H3. The predicted octanol–water partition coefficient (Wildman–Crippen LogP) is 2.33. The molecule has 2 unspecified atom stereocenters. The van der Waals surface area contributed by atoms with Crippen LogP contribution in [-0.2, 0) is 4.74 Å². The first-order chi connectivity index (χ1) is 6.38. The maximum atomic E-state index is 5.77. The maximum absolute atomic E-state index is 5.77. The number of rotatable bonds is 4. The summed E-state index contributed by atoms with van der Waals surface area (Å²) in [4.78, 5) is 0. The van der Waals surface area contributed by atoms with Crippen LogP contribution in [0.2, 0.25) is 0 Å². The molecule has 1 aliphatic rings. The summed E-state index contributed by atoms with van der Waals surface area (Å²) in [5.41, 5.74) is 0. The molecule has 0 aliphatic heterocycles. The number of hydrogen-bond donors (Lipinski definition) is 1. The van der Waals surface area contributed by atoms with Crippen molar-refractivity contribution in [1.82, 2.24) is 5.32 Å². The predicted molar refractivity (Wildman–Crippen MR) is 56.0 cm³/mol. The van der Waals surface area contributed by atoms with Crippen molar-refractivity contribution >= 4 is 0 Å². The molecule has 0 aromatic heterocycles. The second kappa shape index (κ2) is 6.39.